The zero-order valence-electron chi connectivity index (χ0n) is 54.5. The lowest BCUT2D eigenvalue weighted by atomic mass is 9.85. The minimum Gasteiger partial charge on any atom is -0.481 e. The molecule has 0 aromatic carbocycles. The molecule has 0 bridgehead atoms. The molecule has 4 saturated carbocycles. The fraction of sp³-hybridized carbons (Fsp3) is 0.818. The SMILES string of the molecule is C.C.CC(C)(C)OC(=O)N(CCCN(C(=O)OC(C)(C)C)C1CCCCC1)CC1CCC(Nc2nc(N)cc(N3CCN(CCC(=O)O)CC3)n2)CC1.Nc1cc(N2CCN(CCC(=O)O)CC2)nc(NC2CCC(CNCCCNC3CCCCC3)CC2)n1. The van der Waals surface area contributed by atoms with E-state index in [9.17, 15) is 19.2 Å². The van der Waals surface area contributed by atoms with Crippen molar-refractivity contribution in [3.63, 3.8) is 0 Å². The van der Waals surface area contributed by atoms with Crippen LogP contribution in [0.4, 0.5) is 44.8 Å². The summed E-state index contributed by atoms with van der Waals surface area (Å²) in [6.45, 7) is 23.8. The highest BCUT2D eigenvalue weighted by Crippen LogP contribution is 2.31. The Morgan fingerprint density at radius 1 is 0.556 bits per heavy atom. The number of aliphatic carboxylic acids is 2. The predicted octanol–water partition coefficient (Wildman–Crippen LogP) is 9.62. The number of anilines is 6. The van der Waals surface area contributed by atoms with Gasteiger partial charge in [-0.2, -0.15) is 19.9 Å². The van der Waals surface area contributed by atoms with Gasteiger partial charge in [0, 0.05) is 121 Å². The Balaban J connectivity index is 0.000000335. The lowest BCUT2D eigenvalue weighted by molar-refractivity contribution is -0.138. The number of ether oxygens (including phenoxy) is 2. The standard InChI is InChI=1S/C37H64N8O6.C27H48N8O2.2CH4/c1-36(2,3)50-34(48)44(18-10-19-45(29-11-8-7-9-12-29)35(49)51-37(4,5)6)26-27-13-15-28(16-14-27)39-33-40-30(38)25-31(41-33)43-23-21-42(22-24-43)20-17-32(46)47;28-24-19-25(35-17-15-34(16-18-35)14-11-26(36)37)33-27(32-24)31-23-9-7-21(8-10-23)20-29-12-4-13-30-22-5-2-1-3-6-22;;/h25,27-29H,7-24,26H2,1-6H3,(H,46,47)(H3,38,39,40,41);19,21-23,29-30H,1-18,20H2,(H,36,37)(H3,28,31,32,33);2*1H4. The Morgan fingerprint density at radius 2 is 1.01 bits per heavy atom. The molecule has 0 spiro atoms. The zero-order chi connectivity index (χ0) is 63.1. The highest BCUT2D eigenvalue weighted by atomic mass is 16.6. The molecule has 90 heavy (non-hydrogen) atoms. The third-order valence-electron chi connectivity index (χ3n) is 18.1. The Bertz CT molecular complexity index is 2420. The largest absolute Gasteiger partial charge is 0.481 e. The molecule has 24 heteroatoms. The summed E-state index contributed by atoms with van der Waals surface area (Å²) in [6, 6.07) is 5.15. The number of rotatable bonds is 26. The number of carboxylic acids is 2. The van der Waals surface area contributed by atoms with E-state index in [1.165, 1.54) is 57.8 Å². The number of hydrogen-bond donors (Lipinski definition) is 8. The molecule has 512 valence electrons. The minimum absolute atomic E-state index is 0. The number of hydrogen-bond acceptors (Lipinski definition) is 20. The Morgan fingerprint density at radius 3 is 1.48 bits per heavy atom. The Hall–Kier alpha value is -5.72. The van der Waals surface area contributed by atoms with E-state index in [0.29, 0.717) is 74.6 Å². The molecule has 4 aliphatic carbocycles. The van der Waals surface area contributed by atoms with Crippen molar-refractivity contribution in [2.45, 2.75) is 233 Å². The van der Waals surface area contributed by atoms with E-state index in [1.54, 1.807) is 6.07 Å². The maximum atomic E-state index is 13.4. The number of carbonyl (C=O) groups is 4. The summed E-state index contributed by atoms with van der Waals surface area (Å²) >= 11 is 0. The summed E-state index contributed by atoms with van der Waals surface area (Å²) in [6.07, 6.45) is 22.4. The molecule has 0 radical (unpaired) electrons. The average molecular weight is 1270 g/mol. The van der Waals surface area contributed by atoms with Gasteiger partial charge in [0.1, 0.15) is 34.5 Å². The van der Waals surface area contributed by atoms with Gasteiger partial charge in [-0.15, -0.1) is 0 Å². The maximum Gasteiger partial charge on any atom is 0.410 e. The van der Waals surface area contributed by atoms with Crippen molar-refractivity contribution < 1.29 is 38.9 Å². The first kappa shape index (κ1) is 75.0. The second kappa shape index (κ2) is 37.7. The van der Waals surface area contributed by atoms with Gasteiger partial charge in [-0.3, -0.25) is 19.4 Å². The molecule has 6 fully saturated rings. The second-order valence-corrected chi connectivity index (χ2v) is 27.7. The number of nitrogens with one attached hydrogen (secondary N) is 4. The van der Waals surface area contributed by atoms with Crippen molar-refractivity contribution in [3.8, 4) is 0 Å². The Kier molecular flexibility index (Phi) is 31.4. The maximum absolute atomic E-state index is 13.4. The van der Waals surface area contributed by atoms with E-state index in [2.05, 4.69) is 50.8 Å². The third kappa shape index (κ3) is 27.2. The van der Waals surface area contributed by atoms with E-state index >= 15 is 0 Å². The van der Waals surface area contributed by atoms with Gasteiger partial charge in [-0.1, -0.05) is 53.4 Å². The van der Waals surface area contributed by atoms with E-state index in [1.807, 2.05) is 57.4 Å². The molecule has 6 aliphatic rings. The van der Waals surface area contributed by atoms with Gasteiger partial charge < -0.3 is 72.0 Å². The smallest absolute Gasteiger partial charge is 0.410 e. The first-order valence-corrected chi connectivity index (χ1v) is 33.7. The van der Waals surface area contributed by atoms with Crippen LogP contribution in [0, 0.1) is 11.8 Å². The number of nitrogens with two attached hydrogens (primary N) is 2. The average Bonchev–Trinajstić information content (AvgIpc) is 1.30. The van der Waals surface area contributed by atoms with Crippen LogP contribution in [0.2, 0.25) is 0 Å². The molecule has 2 saturated heterocycles. The van der Waals surface area contributed by atoms with Crippen LogP contribution in [0.3, 0.4) is 0 Å². The van der Waals surface area contributed by atoms with Gasteiger partial charge in [0.2, 0.25) is 11.9 Å². The summed E-state index contributed by atoms with van der Waals surface area (Å²) in [4.78, 5) is 79.4. The van der Waals surface area contributed by atoms with Crippen LogP contribution < -0.4 is 42.5 Å². The van der Waals surface area contributed by atoms with Crippen molar-refractivity contribution in [2.24, 2.45) is 11.8 Å². The molecule has 2 aromatic rings. The van der Waals surface area contributed by atoms with Gasteiger partial charge in [0.25, 0.3) is 0 Å². The topological polar surface area (TPSA) is 298 Å². The summed E-state index contributed by atoms with van der Waals surface area (Å²) < 4.78 is 11.6. The Labute approximate surface area is 539 Å². The van der Waals surface area contributed by atoms with Crippen LogP contribution in [0.1, 0.15) is 198 Å². The summed E-state index contributed by atoms with van der Waals surface area (Å²) in [5.41, 5.74) is 11.2. The molecule has 2 aromatic heterocycles. The van der Waals surface area contributed by atoms with Crippen LogP contribution >= 0.6 is 0 Å². The van der Waals surface area contributed by atoms with E-state index < -0.39 is 23.1 Å². The molecule has 8 rings (SSSR count). The van der Waals surface area contributed by atoms with Crippen molar-refractivity contribution in [1.82, 2.24) is 50.2 Å². The van der Waals surface area contributed by atoms with Crippen LogP contribution in [-0.4, -0.2) is 214 Å². The van der Waals surface area contributed by atoms with Crippen LogP contribution in [0.15, 0.2) is 12.1 Å². The molecule has 0 unspecified atom stereocenters. The first-order valence-electron chi connectivity index (χ1n) is 33.7. The van der Waals surface area contributed by atoms with Crippen LogP contribution in [0.5, 0.6) is 0 Å². The lowest BCUT2D eigenvalue weighted by Crippen LogP contribution is -2.47. The number of piperazine rings is 2. The highest BCUT2D eigenvalue weighted by Gasteiger charge is 2.33. The number of carbonyl (C=O) groups excluding carboxylic acids is 2. The van der Waals surface area contributed by atoms with Crippen molar-refractivity contribution in [3.05, 3.63) is 12.1 Å². The fourth-order valence-corrected chi connectivity index (χ4v) is 13.2. The van der Waals surface area contributed by atoms with E-state index in [0.717, 1.165) is 160 Å². The molecule has 0 atom stereocenters. The summed E-state index contributed by atoms with van der Waals surface area (Å²) in [5.74, 6) is 3.21. The monoisotopic (exact) mass is 1260 g/mol. The predicted molar refractivity (Wildman–Crippen MR) is 361 cm³/mol. The van der Waals surface area contributed by atoms with Crippen molar-refractivity contribution in [2.75, 3.05) is 137 Å². The molecular weight excluding hydrogens is 1140 g/mol. The molecule has 2 amide bonds. The van der Waals surface area contributed by atoms with Crippen molar-refractivity contribution >= 4 is 59.3 Å². The van der Waals surface area contributed by atoms with Crippen LogP contribution in [0.25, 0.3) is 0 Å². The molecule has 24 nitrogen and oxygen atoms in total. The van der Waals surface area contributed by atoms with Gasteiger partial charge in [-0.25, -0.2) is 9.59 Å². The molecular formula is C66H120N16O8. The number of nitrogen functional groups attached to an aromatic ring is 2. The summed E-state index contributed by atoms with van der Waals surface area (Å²) in [5, 5.41) is 32.4. The molecule has 2 aliphatic heterocycles. The first-order chi connectivity index (χ1) is 42.1. The quantitative estimate of drug-likeness (QED) is 0.0407. The number of aromatic nitrogens is 4. The normalized spacial score (nSPS) is 21.5. The molecule has 10 N–H and O–H groups in total. The van der Waals surface area contributed by atoms with Gasteiger partial charge >= 0.3 is 24.1 Å². The third-order valence-corrected chi connectivity index (χ3v) is 18.1. The fourth-order valence-electron chi connectivity index (χ4n) is 13.2. The molecule has 4 heterocycles. The minimum atomic E-state index is -0.778. The zero-order valence-corrected chi connectivity index (χ0v) is 54.5. The van der Waals surface area contributed by atoms with Crippen molar-refractivity contribution in [1.29, 1.82) is 0 Å². The van der Waals surface area contributed by atoms with Gasteiger partial charge in [-0.05, 0) is 163 Å². The second-order valence-electron chi connectivity index (χ2n) is 27.7. The van der Waals surface area contributed by atoms with Gasteiger partial charge in [0.05, 0.1) is 12.8 Å². The number of nitrogens with zero attached hydrogens (tertiary/aromatic N) is 10. The lowest BCUT2D eigenvalue weighted by Gasteiger charge is -2.37. The van der Waals surface area contributed by atoms with Gasteiger partial charge in [0.15, 0.2) is 0 Å². The highest BCUT2D eigenvalue weighted by molar-refractivity contribution is 5.69. The van der Waals surface area contributed by atoms with Crippen LogP contribution in [-0.2, 0) is 19.1 Å². The number of carboxylic acid groups (broad SMARTS) is 2. The number of amides is 2. The van der Waals surface area contributed by atoms with E-state index in [-0.39, 0.29) is 52.0 Å². The van der Waals surface area contributed by atoms with E-state index in [4.69, 9.17) is 41.1 Å². The summed E-state index contributed by atoms with van der Waals surface area (Å²) in [7, 11) is 0.